The molecule has 0 unspecified atom stereocenters. The first-order valence-electron chi connectivity index (χ1n) is 10.4. The van der Waals surface area contributed by atoms with Gasteiger partial charge < -0.3 is 24.0 Å². The van der Waals surface area contributed by atoms with E-state index in [-0.39, 0.29) is 0 Å². The Morgan fingerprint density at radius 1 is 1.19 bits per heavy atom. The summed E-state index contributed by atoms with van der Waals surface area (Å²) < 4.78 is 17.4. The van der Waals surface area contributed by atoms with Gasteiger partial charge in [0.15, 0.2) is 21.8 Å². The maximum Gasteiger partial charge on any atom is 0.404 e. The molecule has 0 aliphatic rings. The molecule has 0 saturated heterocycles. The van der Waals surface area contributed by atoms with E-state index in [2.05, 4.69) is 51.5 Å². The molecule has 1 aromatic heterocycles. The van der Waals surface area contributed by atoms with Crippen molar-refractivity contribution in [1.29, 1.82) is 0 Å². The molecule has 32 heavy (non-hydrogen) atoms. The summed E-state index contributed by atoms with van der Waals surface area (Å²) in [4.78, 5) is 22.0. The lowest BCUT2D eigenvalue weighted by Crippen LogP contribution is -2.46. The summed E-state index contributed by atoms with van der Waals surface area (Å²) in [5, 5.41) is 16.0. The Bertz CT molecular complexity index is 735. The second kappa shape index (κ2) is 15.2. The minimum Gasteiger partial charge on any atom is -0.465 e. The van der Waals surface area contributed by atoms with Crippen LogP contribution in [0.25, 0.3) is 10.4 Å². The topological polar surface area (TPSA) is 152 Å². The number of hydrogen-bond donors (Lipinski definition) is 2. The lowest BCUT2D eigenvalue weighted by atomic mass is 10.4. The van der Waals surface area contributed by atoms with Gasteiger partial charge >= 0.3 is 6.09 Å². The average molecular weight is 503 g/mol. The summed E-state index contributed by atoms with van der Waals surface area (Å²) >= 11 is 1.60. The second-order valence-electron chi connectivity index (χ2n) is 8.24. The van der Waals surface area contributed by atoms with Gasteiger partial charge in [0.05, 0.1) is 26.4 Å². The second-order valence-corrected chi connectivity index (χ2v) is 18.4. The maximum atomic E-state index is 10.5. The number of azide groups is 1. The van der Waals surface area contributed by atoms with Gasteiger partial charge in [-0.3, -0.25) is 0 Å². The predicted octanol–water partition coefficient (Wildman–Crippen LogP) is 4.04. The van der Waals surface area contributed by atoms with Crippen LogP contribution in [-0.2, 0) is 20.2 Å². The zero-order valence-corrected chi connectivity index (χ0v) is 22.1. The van der Waals surface area contributed by atoms with Gasteiger partial charge in [0.2, 0.25) is 0 Å². The molecule has 1 heterocycles. The van der Waals surface area contributed by atoms with Crippen molar-refractivity contribution in [2.24, 2.45) is 5.11 Å². The van der Waals surface area contributed by atoms with Crippen LogP contribution in [0.15, 0.2) is 22.7 Å². The van der Waals surface area contributed by atoms with Gasteiger partial charge in [-0.15, -0.1) is 0 Å². The number of carboxylic acid groups (broad SMARTS) is 1. The van der Waals surface area contributed by atoms with E-state index in [1.165, 1.54) is 0 Å². The van der Waals surface area contributed by atoms with Gasteiger partial charge in [-0.2, -0.15) is 0 Å². The van der Waals surface area contributed by atoms with Crippen molar-refractivity contribution in [3.8, 4) is 0 Å². The van der Waals surface area contributed by atoms with Crippen LogP contribution in [0.4, 0.5) is 4.79 Å². The first-order valence-corrected chi connectivity index (χ1v) is 17.6. The number of nitrogens with zero attached hydrogens (tertiary/aromatic N) is 5. The third-order valence-electron chi connectivity index (χ3n) is 4.05. The molecule has 14 heteroatoms. The number of thioether (sulfide) groups is 1. The quantitative estimate of drug-likeness (QED) is 0.0616. The van der Waals surface area contributed by atoms with E-state index in [1.54, 1.807) is 24.2 Å². The van der Waals surface area contributed by atoms with E-state index in [9.17, 15) is 4.79 Å². The number of rotatable bonds is 17. The van der Waals surface area contributed by atoms with E-state index < -0.39 is 22.7 Å². The van der Waals surface area contributed by atoms with E-state index in [0.29, 0.717) is 44.7 Å². The average Bonchev–Trinajstić information content (AvgIpc) is 2.72. The van der Waals surface area contributed by atoms with Gasteiger partial charge in [0, 0.05) is 41.3 Å². The highest BCUT2D eigenvalue weighted by Crippen LogP contribution is 2.25. The third-order valence-corrected chi connectivity index (χ3v) is 13.9. The summed E-state index contributed by atoms with van der Waals surface area (Å²) in [5.74, 6) is 0. The van der Waals surface area contributed by atoms with Crippen LogP contribution >= 0.6 is 11.8 Å². The number of ether oxygens (including phenoxy) is 2. The van der Waals surface area contributed by atoms with E-state index >= 15 is 0 Å². The number of amides is 1. The van der Waals surface area contributed by atoms with Crippen molar-refractivity contribution >= 4 is 34.5 Å². The zero-order chi connectivity index (χ0) is 23.9. The van der Waals surface area contributed by atoms with Crippen molar-refractivity contribution in [3.05, 3.63) is 28.4 Å². The van der Waals surface area contributed by atoms with Crippen LogP contribution < -0.4 is 5.32 Å². The summed E-state index contributed by atoms with van der Waals surface area (Å²) in [6.07, 6.45) is 3.34. The molecule has 0 saturated carbocycles. The molecular weight excluding hydrogens is 468 g/mol. The van der Waals surface area contributed by atoms with Crippen molar-refractivity contribution in [2.45, 2.75) is 50.4 Å². The van der Waals surface area contributed by atoms with Gasteiger partial charge in [0.1, 0.15) is 0 Å². The molecule has 11 nitrogen and oxygen atoms in total. The van der Waals surface area contributed by atoms with Gasteiger partial charge in [-0.25, -0.2) is 14.8 Å². The van der Waals surface area contributed by atoms with Gasteiger partial charge in [-0.05, 0) is 44.2 Å². The molecule has 1 rings (SSSR count). The molecule has 0 fully saturated rings. The molecule has 0 bridgehead atoms. The Kier molecular flexibility index (Phi) is 13.5. The summed E-state index contributed by atoms with van der Waals surface area (Å²) in [6.45, 7) is 11.2. The first kappa shape index (κ1) is 28.4. The van der Waals surface area contributed by atoms with E-state index in [0.717, 1.165) is 23.4 Å². The maximum absolute atomic E-state index is 10.5. The molecule has 1 amide bonds. The van der Waals surface area contributed by atoms with Crippen LogP contribution in [0.2, 0.25) is 32.2 Å². The number of nitrogens with one attached hydrogen (secondary N) is 1. The number of aromatic nitrogens is 2. The fraction of sp³-hybridized carbons (Fsp3) is 0.722. The van der Waals surface area contributed by atoms with Crippen LogP contribution in [-0.4, -0.2) is 76.1 Å². The lowest BCUT2D eigenvalue weighted by molar-refractivity contribution is 0.0431. The number of hydrogen-bond acceptors (Lipinski definition) is 8. The van der Waals surface area contributed by atoms with Crippen molar-refractivity contribution in [1.82, 2.24) is 15.3 Å². The summed E-state index contributed by atoms with van der Waals surface area (Å²) in [5.41, 5.74) is 9.05. The van der Waals surface area contributed by atoms with E-state index in [4.69, 9.17) is 24.2 Å². The Hall–Kier alpha value is -1.68. The lowest BCUT2D eigenvalue weighted by Gasteiger charge is -2.33. The molecule has 0 aromatic carbocycles. The standard InChI is InChI=1S/C18H34N6O5SSi2/c1-31(2,11-5-6-20-18(25)26)29-32(3,4)15-30-17-21-12-16(13-22-17)14-28-10-9-27-8-7-23-24-19/h12-13,20H,5-11,14-15H2,1-4H3,(H,25,26). The number of carbonyl (C=O) groups is 1. The molecule has 180 valence electrons. The SMILES string of the molecule is C[Si](C)(CCCNC(=O)O)O[Si](C)(C)CSc1ncc(COCCOCCN=[N+]=[N-])cn1. The van der Waals surface area contributed by atoms with Crippen molar-refractivity contribution in [2.75, 3.05) is 38.3 Å². The molecule has 0 atom stereocenters. The Balaban J connectivity index is 2.30. The van der Waals surface area contributed by atoms with Crippen LogP contribution in [0.3, 0.4) is 0 Å². The van der Waals surface area contributed by atoms with Crippen molar-refractivity contribution in [3.63, 3.8) is 0 Å². The molecule has 0 radical (unpaired) electrons. The molecular formula is C18H34N6O5SSi2. The van der Waals surface area contributed by atoms with Crippen LogP contribution in [0, 0.1) is 0 Å². The molecule has 2 N–H and O–H groups in total. The Morgan fingerprint density at radius 2 is 1.88 bits per heavy atom. The predicted molar refractivity (Wildman–Crippen MR) is 129 cm³/mol. The van der Waals surface area contributed by atoms with Crippen molar-refractivity contribution < 1.29 is 23.5 Å². The van der Waals surface area contributed by atoms with Gasteiger partial charge in [0.25, 0.3) is 0 Å². The van der Waals surface area contributed by atoms with Crippen LogP contribution in [0.1, 0.15) is 12.0 Å². The normalized spacial score (nSPS) is 11.8. The highest BCUT2D eigenvalue weighted by molar-refractivity contribution is 8.00. The minimum absolute atomic E-state index is 0.318. The smallest absolute Gasteiger partial charge is 0.404 e. The molecule has 1 aromatic rings. The highest BCUT2D eigenvalue weighted by atomic mass is 32.2. The largest absolute Gasteiger partial charge is 0.465 e. The first-order chi connectivity index (χ1) is 15.1. The third kappa shape index (κ3) is 14.4. The highest BCUT2D eigenvalue weighted by Gasteiger charge is 2.33. The molecule has 0 aliphatic carbocycles. The summed E-state index contributed by atoms with van der Waals surface area (Å²) in [7, 11) is -3.78. The fourth-order valence-electron chi connectivity index (χ4n) is 2.83. The monoisotopic (exact) mass is 502 g/mol. The fourth-order valence-corrected chi connectivity index (χ4v) is 13.2. The summed E-state index contributed by atoms with van der Waals surface area (Å²) in [6, 6.07) is 0.915. The Labute approximate surface area is 195 Å². The van der Waals surface area contributed by atoms with E-state index in [1.807, 2.05) is 0 Å². The Morgan fingerprint density at radius 3 is 2.53 bits per heavy atom. The van der Waals surface area contributed by atoms with Crippen LogP contribution in [0.5, 0.6) is 0 Å². The minimum atomic E-state index is -1.92. The molecule has 0 spiro atoms. The zero-order valence-electron chi connectivity index (χ0n) is 19.2. The molecule has 0 aliphatic heterocycles. The van der Waals surface area contributed by atoms with Gasteiger partial charge in [-0.1, -0.05) is 16.9 Å².